The third-order valence-corrected chi connectivity index (χ3v) is 3.15. The molecule has 1 aromatic heterocycles. The van der Waals surface area contributed by atoms with E-state index in [9.17, 15) is 18.1 Å². The number of benzene rings is 1. The summed E-state index contributed by atoms with van der Waals surface area (Å²) in [4.78, 5) is 29.4. The Morgan fingerprint density at radius 1 is 1.39 bits per heavy atom. The first-order valence-corrected chi connectivity index (χ1v) is 7.76. The molecule has 23 heavy (non-hydrogen) atoms. The smallest absolute Gasteiger partial charge is 0.318 e. The predicted molar refractivity (Wildman–Crippen MR) is 74.7 cm³/mol. The van der Waals surface area contributed by atoms with Crippen molar-refractivity contribution in [2.24, 2.45) is 0 Å². The van der Waals surface area contributed by atoms with Crippen LogP contribution in [0.2, 0.25) is 5.15 Å². The minimum atomic E-state index is -4.79. The van der Waals surface area contributed by atoms with Crippen molar-refractivity contribution in [3.63, 3.8) is 0 Å². The Labute approximate surface area is 132 Å². The average Bonchev–Trinajstić information content (AvgIpc) is 2.80. The highest BCUT2D eigenvalue weighted by molar-refractivity contribution is 7.46. The van der Waals surface area contributed by atoms with E-state index in [2.05, 4.69) is 14.9 Å². The van der Waals surface area contributed by atoms with Crippen molar-refractivity contribution < 1.29 is 32.5 Å². The number of nitrogens with one attached hydrogen (secondary N) is 1. The van der Waals surface area contributed by atoms with Crippen LogP contribution in [0, 0.1) is 11.6 Å². The first-order valence-electron chi connectivity index (χ1n) is 5.85. The van der Waals surface area contributed by atoms with Crippen molar-refractivity contribution in [3.8, 4) is 0 Å². The number of anilines is 1. The molecule has 0 saturated carbocycles. The highest BCUT2D eigenvalue weighted by Gasteiger charge is 2.20. The van der Waals surface area contributed by atoms with Crippen LogP contribution in [0.4, 0.5) is 14.5 Å². The monoisotopic (exact) mass is 367 g/mol. The second-order valence-electron chi connectivity index (χ2n) is 4.18. The summed E-state index contributed by atoms with van der Waals surface area (Å²) in [6.07, 6.45) is 0. The Bertz CT molecular complexity index is 794. The van der Waals surface area contributed by atoms with Gasteiger partial charge in [0.1, 0.15) is 17.3 Å². The van der Waals surface area contributed by atoms with Crippen molar-refractivity contribution in [3.05, 3.63) is 46.7 Å². The van der Waals surface area contributed by atoms with Crippen molar-refractivity contribution in [2.75, 3.05) is 5.32 Å². The normalized spacial score (nSPS) is 11.5. The zero-order chi connectivity index (χ0) is 17.2. The number of phosphoric acid groups is 1. The van der Waals surface area contributed by atoms with Crippen molar-refractivity contribution in [2.45, 2.75) is 6.73 Å². The van der Waals surface area contributed by atoms with Gasteiger partial charge in [0.25, 0.3) is 5.91 Å². The van der Waals surface area contributed by atoms with E-state index in [-0.39, 0.29) is 16.5 Å². The van der Waals surface area contributed by atoms with Gasteiger partial charge >= 0.3 is 7.82 Å². The summed E-state index contributed by atoms with van der Waals surface area (Å²) in [5.41, 5.74) is -0.539. The van der Waals surface area contributed by atoms with Gasteiger partial charge in [0.05, 0.1) is 5.69 Å². The lowest BCUT2D eigenvalue weighted by Gasteiger charge is -2.10. The molecule has 0 unspecified atom stereocenters. The number of rotatable bonds is 5. The van der Waals surface area contributed by atoms with E-state index in [0.29, 0.717) is 6.07 Å². The fraction of sp³-hybridized carbons (Fsp3) is 0.0909. The SMILES string of the molecule is O=C(Nc1ccc(F)cc1F)c1cc(Cl)nn1COP(=O)(O)O. The van der Waals surface area contributed by atoms with E-state index in [1.807, 2.05) is 0 Å². The predicted octanol–water partition coefficient (Wildman–Crippen LogP) is 2.13. The first kappa shape index (κ1) is 17.5. The number of hydrogen-bond donors (Lipinski definition) is 3. The Balaban J connectivity index is 2.20. The lowest BCUT2D eigenvalue weighted by Crippen LogP contribution is -2.19. The average molecular weight is 368 g/mol. The van der Waals surface area contributed by atoms with E-state index in [1.54, 1.807) is 0 Å². The molecule has 124 valence electrons. The molecule has 0 saturated heterocycles. The molecule has 2 rings (SSSR count). The Morgan fingerprint density at radius 3 is 2.70 bits per heavy atom. The Morgan fingerprint density at radius 2 is 2.09 bits per heavy atom. The van der Waals surface area contributed by atoms with Gasteiger partial charge in [-0.1, -0.05) is 11.6 Å². The van der Waals surface area contributed by atoms with Gasteiger partial charge in [-0.3, -0.25) is 9.32 Å². The van der Waals surface area contributed by atoms with Crippen LogP contribution in [-0.4, -0.2) is 25.5 Å². The van der Waals surface area contributed by atoms with Gasteiger partial charge in [-0.05, 0) is 12.1 Å². The highest BCUT2D eigenvalue weighted by Crippen LogP contribution is 2.36. The zero-order valence-corrected chi connectivity index (χ0v) is 12.8. The van der Waals surface area contributed by atoms with E-state index >= 15 is 0 Å². The minimum absolute atomic E-state index is 0.149. The molecule has 2 aromatic rings. The summed E-state index contributed by atoms with van der Waals surface area (Å²) in [5, 5.41) is 5.62. The summed E-state index contributed by atoms with van der Waals surface area (Å²) in [6.45, 7) is -0.758. The van der Waals surface area contributed by atoms with Crippen LogP contribution in [0.15, 0.2) is 24.3 Å². The fourth-order valence-corrected chi connectivity index (χ4v) is 2.03. The molecule has 0 spiro atoms. The Kier molecular flexibility index (Phi) is 5.12. The van der Waals surface area contributed by atoms with Crippen LogP contribution in [0.3, 0.4) is 0 Å². The van der Waals surface area contributed by atoms with Gasteiger partial charge in [-0.2, -0.15) is 5.10 Å². The van der Waals surface area contributed by atoms with Crippen LogP contribution in [0.5, 0.6) is 0 Å². The maximum Gasteiger partial charge on any atom is 0.471 e. The zero-order valence-electron chi connectivity index (χ0n) is 11.1. The second-order valence-corrected chi connectivity index (χ2v) is 5.81. The second kappa shape index (κ2) is 6.73. The van der Waals surface area contributed by atoms with Crippen LogP contribution < -0.4 is 5.32 Å². The number of amides is 1. The molecule has 12 heteroatoms. The third-order valence-electron chi connectivity index (χ3n) is 2.51. The molecule has 8 nitrogen and oxygen atoms in total. The molecule has 1 amide bonds. The van der Waals surface area contributed by atoms with E-state index in [4.69, 9.17) is 21.4 Å². The molecule has 0 radical (unpaired) electrons. The third kappa shape index (κ3) is 4.81. The largest absolute Gasteiger partial charge is 0.471 e. The van der Waals surface area contributed by atoms with Gasteiger partial charge in [0.2, 0.25) is 0 Å². The maximum absolute atomic E-state index is 13.5. The number of phosphoric ester groups is 1. The quantitative estimate of drug-likeness (QED) is 0.698. The number of nitrogens with zero attached hydrogens (tertiary/aromatic N) is 2. The Hall–Kier alpha value is -1.84. The van der Waals surface area contributed by atoms with Gasteiger partial charge < -0.3 is 15.1 Å². The van der Waals surface area contributed by atoms with Crippen LogP contribution >= 0.6 is 19.4 Å². The molecule has 0 aliphatic carbocycles. The lowest BCUT2D eigenvalue weighted by molar-refractivity contribution is 0.0986. The summed E-state index contributed by atoms with van der Waals surface area (Å²) in [6, 6.07) is 3.62. The molecular formula is C11H9ClF2N3O5P. The number of carbonyl (C=O) groups excluding carboxylic acids is 1. The summed E-state index contributed by atoms with van der Waals surface area (Å²) < 4.78 is 42.0. The molecular weight excluding hydrogens is 359 g/mol. The van der Waals surface area contributed by atoms with E-state index < -0.39 is 32.1 Å². The number of hydrogen-bond acceptors (Lipinski definition) is 4. The topological polar surface area (TPSA) is 114 Å². The lowest BCUT2D eigenvalue weighted by atomic mass is 10.3. The molecule has 0 fully saturated rings. The fourth-order valence-electron chi connectivity index (χ4n) is 1.57. The number of carbonyl (C=O) groups is 1. The van der Waals surface area contributed by atoms with Crippen LogP contribution in [0.1, 0.15) is 10.5 Å². The molecule has 0 atom stereocenters. The van der Waals surface area contributed by atoms with E-state index in [0.717, 1.165) is 22.9 Å². The first-order chi connectivity index (χ1) is 10.7. The van der Waals surface area contributed by atoms with Gasteiger partial charge in [-0.15, -0.1) is 0 Å². The number of halogens is 3. The van der Waals surface area contributed by atoms with Crippen molar-refractivity contribution in [1.82, 2.24) is 9.78 Å². The molecule has 1 heterocycles. The van der Waals surface area contributed by atoms with Crippen molar-refractivity contribution in [1.29, 1.82) is 0 Å². The minimum Gasteiger partial charge on any atom is -0.318 e. The van der Waals surface area contributed by atoms with Crippen LogP contribution in [0.25, 0.3) is 0 Å². The molecule has 0 bridgehead atoms. The molecule has 3 N–H and O–H groups in total. The van der Waals surface area contributed by atoms with Crippen molar-refractivity contribution >= 4 is 31.0 Å². The molecule has 1 aromatic carbocycles. The van der Waals surface area contributed by atoms with Gasteiger partial charge in [0.15, 0.2) is 11.9 Å². The van der Waals surface area contributed by atoms with E-state index in [1.165, 1.54) is 0 Å². The summed E-state index contributed by atoms with van der Waals surface area (Å²) in [7, 11) is -4.79. The molecule has 0 aliphatic heterocycles. The van der Waals surface area contributed by atoms with Crippen LogP contribution in [-0.2, 0) is 15.8 Å². The van der Waals surface area contributed by atoms with Gasteiger partial charge in [0, 0.05) is 12.1 Å². The molecule has 0 aliphatic rings. The standard InChI is InChI=1S/C11H9ClF2N3O5P/c12-10-4-9(17(16-10)5-22-23(19,20)21)11(18)15-8-2-1-6(13)3-7(8)14/h1-4H,5H2,(H,15,18)(H2,19,20,21). The summed E-state index contributed by atoms with van der Waals surface area (Å²) >= 11 is 5.63. The maximum atomic E-state index is 13.5. The summed E-state index contributed by atoms with van der Waals surface area (Å²) in [5.74, 6) is -2.70. The number of aromatic nitrogens is 2. The van der Waals surface area contributed by atoms with Gasteiger partial charge in [-0.25, -0.2) is 18.0 Å². The highest BCUT2D eigenvalue weighted by atomic mass is 35.5.